The molecule has 0 amide bonds. The Morgan fingerprint density at radius 2 is 1.10 bits per heavy atom. The van der Waals surface area contributed by atoms with Crippen LogP contribution in [-0.2, 0) is 0 Å². The summed E-state index contributed by atoms with van der Waals surface area (Å²) in [6, 6.07) is 17.3. The van der Waals surface area contributed by atoms with Crippen LogP contribution in [0.3, 0.4) is 0 Å². The number of fused-ring (bicyclic) bond motifs is 6. The Bertz CT molecular complexity index is 3620. The van der Waals surface area contributed by atoms with E-state index in [0.717, 1.165) is 25.6 Å². The second-order valence-electron chi connectivity index (χ2n) is 11.4. The highest BCUT2D eigenvalue weighted by Crippen LogP contribution is 2.41. The van der Waals surface area contributed by atoms with Crippen molar-refractivity contribution in [1.29, 1.82) is 0 Å². The van der Waals surface area contributed by atoms with Gasteiger partial charge in [0, 0.05) is 53.2 Å². The van der Waals surface area contributed by atoms with Gasteiger partial charge in [-0.15, -0.1) is 11.3 Å². The van der Waals surface area contributed by atoms with Crippen LogP contribution in [0.25, 0.3) is 98.5 Å². The van der Waals surface area contributed by atoms with Gasteiger partial charge < -0.3 is 4.42 Å². The van der Waals surface area contributed by atoms with Crippen LogP contribution in [0.1, 0.15) is 17.8 Å². The molecular formula is C45H27N3OS. The molecule has 0 saturated heterocycles. The molecule has 0 bridgehead atoms. The van der Waals surface area contributed by atoms with Crippen molar-refractivity contribution < 1.29 is 22.2 Å². The maximum atomic E-state index is 9.71. The van der Waals surface area contributed by atoms with Gasteiger partial charge in [0.1, 0.15) is 11.2 Å². The van der Waals surface area contributed by atoms with Crippen LogP contribution in [0, 0.1) is 0 Å². The molecule has 0 fully saturated rings. The molecule has 7 aromatic carbocycles. The van der Waals surface area contributed by atoms with E-state index in [2.05, 4.69) is 0 Å². The predicted octanol–water partition coefficient (Wildman–Crippen LogP) is 12.5. The molecule has 3 heterocycles. The molecular weight excluding hydrogens is 631 g/mol. The molecule has 10 rings (SSSR count). The minimum atomic E-state index is -0.744. The summed E-state index contributed by atoms with van der Waals surface area (Å²) in [7, 11) is 0. The van der Waals surface area contributed by atoms with E-state index < -0.39 is 101 Å². The summed E-state index contributed by atoms with van der Waals surface area (Å²) in [5.74, 6) is -0.829. The number of hydrogen-bond acceptors (Lipinski definition) is 5. The summed E-state index contributed by atoms with van der Waals surface area (Å²) in [5, 5.41) is 3.30. The van der Waals surface area contributed by atoms with Crippen LogP contribution in [0.5, 0.6) is 0 Å². The largest absolute Gasteiger partial charge is 0.455 e. The van der Waals surface area contributed by atoms with Crippen LogP contribution >= 0.6 is 11.3 Å². The van der Waals surface area contributed by atoms with E-state index in [-0.39, 0.29) is 22.8 Å². The average molecular weight is 671 g/mol. The summed E-state index contributed by atoms with van der Waals surface area (Å²) in [6.45, 7) is 0. The molecule has 0 atom stereocenters. The van der Waals surface area contributed by atoms with Crippen molar-refractivity contribution in [3.05, 3.63) is 163 Å². The summed E-state index contributed by atoms with van der Waals surface area (Å²) in [6.07, 6.45) is 0. The van der Waals surface area contributed by atoms with Gasteiger partial charge in [0.2, 0.25) is 0 Å². The minimum absolute atomic E-state index is 0.0483. The molecule has 0 aliphatic heterocycles. The number of hydrogen-bond donors (Lipinski definition) is 0. The van der Waals surface area contributed by atoms with E-state index >= 15 is 0 Å². The van der Waals surface area contributed by atoms with Gasteiger partial charge in [-0.25, -0.2) is 15.0 Å². The number of para-hydroxylation sites is 2. The standard InChI is InChI=1S/C45H27N3OS/c1-2-13-28(14-3-1)31-17-4-5-20-37(31)44-46-43(47-45(48-44)38-24-12-23-36-34-19-7-9-26-40(34)50-42(36)38)30-16-10-15-29(27-30)32-21-11-22-35-33-18-6-8-25-39(33)49-41(32)35/h1-27H/i1D,2D,3D,4D,5D,10D,13D,14D,15D,16D,17D,20D,27D. The normalized spacial score (nSPS) is 15.2. The second kappa shape index (κ2) is 11.6. The molecule has 0 radical (unpaired) electrons. The first-order valence-corrected chi connectivity index (χ1v) is 16.4. The monoisotopic (exact) mass is 670 g/mol. The van der Waals surface area contributed by atoms with E-state index in [0.29, 0.717) is 27.7 Å². The predicted molar refractivity (Wildman–Crippen MR) is 207 cm³/mol. The van der Waals surface area contributed by atoms with Gasteiger partial charge >= 0.3 is 0 Å². The molecule has 0 unspecified atom stereocenters. The van der Waals surface area contributed by atoms with Crippen LogP contribution in [0.2, 0.25) is 0 Å². The molecule has 4 nitrogen and oxygen atoms in total. The van der Waals surface area contributed by atoms with Crippen molar-refractivity contribution in [2.45, 2.75) is 0 Å². The summed E-state index contributed by atoms with van der Waals surface area (Å²) in [5.41, 5.74) is -0.0962. The number of furan rings is 1. The van der Waals surface area contributed by atoms with Gasteiger partial charge in [-0.3, -0.25) is 0 Å². The highest BCUT2D eigenvalue weighted by atomic mass is 32.1. The third-order valence-electron chi connectivity index (χ3n) is 8.46. The van der Waals surface area contributed by atoms with Crippen molar-refractivity contribution in [3.63, 3.8) is 0 Å². The van der Waals surface area contributed by atoms with Gasteiger partial charge in [-0.05, 0) is 40.9 Å². The fourth-order valence-electron chi connectivity index (χ4n) is 6.22. The maximum Gasteiger partial charge on any atom is 0.165 e. The Balaban J connectivity index is 1.34. The van der Waals surface area contributed by atoms with Crippen LogP contribution < -0.4 is 0 Å². The van der Waals surface area contributed by atoms with E-state index in [1.54, 1.807) is 30.3 Å². The zero-order valence-electron chi connectivity index (χ0n) is 38.7. The maximum absolute atomic E-state index is 9.71. The fraction of sp³-hybridized carbons (Fsp3) is 0. The number of rotatable bonds is 5. The van der Waals surface area contributed by atoms with E-state index in [1.165, 1.54) is 11.3 Å². The van der Waals surface area contributed by atoms with Crippen LogP contribution in [0.4, 0.5) is 0 Å². The Kier molecular flexibility index (Phi) is 4.27. The van der Waals surface area contributed by atoms with Gasteiger partial charge in [-0.1, -0.05) is 139 Å². The van der Waals surface area contributed by atoms with Gasteiger partial charge in [0.15, 0.2) is 17.5 Å². The number of nitrogens with zero attached hydrogens (tertiary/aromatic N) is 3. The lowest BCUT2D eigenvalue weighted by molar-refractivity contribution is 0.670. The molecule has 234 valence electrons. The fourth-order valence-corrected chi connectivity index (χ4v) is 7.43. The third-order valence-corrected chi connectivity index (χ3v) is 9.68. The molecule has 0 aliphatic carbocycles. The van der Waals surface area contributed by atoms with Crippen molar-refractivity contribution in [1.82, 2.24) is 15.0 Å². The topological polar surface area (TPSA) is 51.8 Å². The summed E-state index contributed by atoms with van der Waals surface area (Å²) in [4.78, 5) is 14.3. The molecule has 5 heteroatoms. The van der Waals surface area contributed by atoms with Crippen molar-refractivity contribution in [2.75, 3.05) is 0 Å². The van der Waals surface area contributed by atoms with Crippen molar-refractivity contribution >= 4 is 53.4 Å². The first-order chi connectivity index (χ1) is 30.2. The van der Waals surface area contributed by atoms with Crippen LogP contribution in [0.15, 0.2) is 168 Å². The van der Waals surface area contributed by atoms with E-state index in [1.807, 2.05) is 54.6 Å². The average Bonchev–Trinajstić information content (AvgIpc) is 3.87. The van der Waals surface area contributed by atoms with Crippen LogP contribution in [-0.4, -0.2) is 15.0 Å². The molecule has 0 spiro atoms. The molecule has 3 aromatic heterocycles. The third kappa shape index (κ3) is 4.71. The zero-order valence-corrected chi connectivity index (χ0v) is 26.6. The summed E-state index contributed by atoms with van der Waals surface area (Å²) < 4.78 is 124. The highest BCUT2D eigenvalue weighted by molar-refractivity contribution is 7.26. The van der Waals surface area contributed by atoms with Crippen molar-refractivity contribution in [3.8, 4) is 56.4 Å². The molecule has 0 N–H and O–H groups in total. The van der Waals surface area contributed by atoms with Gasteiger partial charge in [0.25, 0.3) is 0 Å². The Morgan fingerprint density at radius 1 is 0.460 bits per heavy atom. The molecule has 50 heavy (non-hydrogen) atoms. The summed E-state index contributed by atoms with van der Waals surface area (Å²) >= 11 is 1.45. The SMILES string of the molecule is [2H]c1c([2H])c([2H])c(-c2c([2H])c([2H])c([2H])c([2H])c2-c2nc(-c3c([2H])c([2H])c([2H])c(-c4cccc5c4oc4ccccc45)c3[2H])nc(-c3cccc4c3sc3ccccc34)n2)c([2H])c1[2H]. The smallest absolute Gasteiger partial charge is 0.165 e. The quantitative estimate of drug-likeness (QED) is 0.183. The molecule has 0 aliphatic rings. The number of thiophene rings is 1. The Morgan fingerprint density at radius 3 is 1.98 bits per heavy atom. The van der Waals surface area contributed by atoms with Gasteiger partial charge in [-0.2, -0.15) is 0 Å². The Hall–Kier alpha value is -6.43. The van der Waals surface area contributed by atoms with Gasteiger partial charge in [0.05, 0.1) is 17.8 Å². The zero-order chi connectivity index (χ0) is 44.3. The van der Waals surface area contributed by atoms with E-state index in [9.17, 15) is 4.11 Å². The Labute approximate surface area is 310 Å². The number of aromatic nitrogens is 3. The lowest BCUT2D eigenvalue weighted by Gasteiger charge is -2.13. The second-order valence-corrected chi connectivity index (χ2v) is 12.4. The minimum Gasteiger partial charge on any atom is -0.455 e. The molecule has 0 saturated carbocycles. The number of benzene rings is 7. The first kappa shape index (κ1) is 18.4. The lowest BCUT2D eigenvalue weighted by atomic mass is 9.98. The van der Waals surface area contributed by atoms with E-state index in [4.69, 9.17) is 33.1 Å². The lowest BCUT2D eigenvalue weighted by Crippen LogP contribution is -2.01. The molecule has 10 aromatic rings. The van der Waals surface area contributed by atoms with Crippen molar-refractivity contribution in [2.24, 2.45) is 0 Å². The highest BCUT2D eigenvalue weighted by Gasteiger charge is 2.19. The first-order valence-electron chi connectivity index (χ1n) is 22.1.